The Morgan fingerprint density at radius 1 is 1.50 bits per heavy atom. The Bertz CT molecular complexity index is 366. The molecule has 1 aromatic rings. The van der Waals surface area contributed by atoms with Crippen molar-refractivity contribution in [3.63, 3.8) is 0 Å². The van der Waals surface area contributed by atoms with Crippen molar-refractivity contribution in [2.24, 2.45) is 0 Å². The van der Waals surface area contributed by atoms with Crippen LogP contribution in [0.15, 0.2) is 28.7 Å². The molecule has 0 saturated heterocycles. The molecule has 4 heteroatoms. The SMILES string of the molecule is CC(=O)OCC(Br)C(C)c1cccc(Br)c1. The van der Waals surface area contributed by atoms with Crippen LogP contribution in [0.25, 0.3) is 0 Å². The number of alkyl halides is 1. The van der Waals surface area contributed by atoms with Gasteiger partial charge >= 0.3 is 5.97 Å². The van der Waals surface area contributed by atoms with E-state index >= 15 is 0 Å². The Labute approximate surface area is 113 Å². The van der Waals surface area contributed by atoms with E-state index in [4.69, 9.17) is 4.74 Å². The van der Waals surface area contributed by atoms with Gasteiger partial charge in [-0.05, 0) is 23.6 Å². The first-order valence-corrected chi connectivity index (χ1v) is 6.74. The highest BCUT2D eigenvalue weighted by molar-refractivity contribution is 9.10. The predicted octanol–water partition coefficient (Wildman–Crippen LogP) is 3.88. The molecule has 2 atom stereocenters. The zero-order valence-electron chi connectivity index (χ0n) is 9.24. The normalized spacial score (nSPS) is 14.2. The van der Waals surface area contributed by atoms with E-state index in [2.05, 4.69) is 50.9 Å². The lowest BCUT2D eigenvalue weighted by Crippen LogP contribution is -2.17. The predicted molar refractivity (Wildman–Crippen MR) is 71.9 cm³/mol. The second-order valence-electron chi connectivity index (χ2n) is 3.66. The minimum Gasteiger partial charge on any atom is -0.465 e. The van der Waals surface area contributed by atoms with E-state index in [0.29, 0.717) is 6.61 Å². The van der Waals surface area contributed by atoms with E-state index in [1.807, 2.05) is 12.1 Å². The van der Waals surface area contributed by atoms with Crippen LogP contribution in [0.5, 0.6) is 0 Å². The number of hydrogen-bond acceptors (Lipinski definition) is 2. The highest BCUT2D eigenvalue weighted by Gasteiger charge is 2.17. The molecule has 1 aromatic carbocycles. The standard InChI is InChI=1S/C12H14Br2O2/c1-8(12(14)7-16-9(2)15)10-4-3-5-11(13)6-10/h3-6,8,12H,7H2,1-2H3. The van der Waals surface area contributed by atoms with Crippen molar-refractivity contribution in [1.82, 2.24) is 0 Å². The van der Waals surface area contributed by atoms with Gasteiger partial charge in [0.2, 0.25) is 0 Å². The number of esters is 1. The lowest BCUT2D eigenvalue weighted by Gasteiger charge is -2.18. The van der Waals surface area contributed by atoms with E-state index in [1.54, 1.807) is 0 Å². The number of ether oxygens (including phenoxy) is 1. The molecule has 2 unspecified atom stereocenters. The van der Waals surface area contributed by atoms with Gasteiger partial charge in [-0.2, -0.15) is 0 Å². The summed E-state index contributed by atoms with van der Waals surface area (Å²) in [6.07, 6.45) is 0. The summed E-state index contributed by atoms with van der Waals surface area (Å²) in [5.74, 6) is 0.0442. The molecule has 2 nitrogen and oxygen atoms in total. The molecule has 1 rings (SSSR count). The van der Waals surface area contributed by atoms with Gasteiger partial charge in [0.1, 0.15) is 6.61 Å². The smallest absolute Gasteiger partial charge is 0.302 e. The van der Waals surface area contributed by atoms with Crippen molar-refractivity contribution in [2.45, 2.75) is 24.6 Å². The summed E-state index contributed by atoms with van der Waals surface area (Å²) in [4.78, 5) is 10.8. The molecule has 0 saturated carbocycles. The van der Waals surface area contributed by atoms with Gasteiger partial charge in [0, 0.05) is 11.4 Å². The van der Waals surface area contributed by atoms with E-state index in [1.165, 1.54) is 12.5 Å². The van der Waals surface area contributed by atoms with Gasteiger partial charge in [-0.3, -0.25) is 4.79 Å². The monoisotopic (exact) mass is 348 g/mol. The van der Waals surface area contributed by atoms with Gasteiger partial charge in [0.25, 0.3) is 0 Å². The van der Waals surface area contributed by atoms with Crippen LogP contribution >= 0.6 is 31.9 Å². The van der Waals surface area contributed by atoms with Gasteiger partial charge in [-0.15, -0.1) is 0 Å². The third-order valence-electron chi connectivity index (χ3n) is 2.36. The van der Waals surface area contributed by atoms with E-state index in [-0.39, 0.29) is 16.7 Å². The molecule has 0 fully saturated rings. The van der Waals surface area contributed by atoms with Crippen molar-refractivity contribution in [1.29, 1.82) is 0 Å². The van der Waals surface area contributed by atoms with Crippen LogP contribution in [0.2, 0.25) is 0 Å². The van der Waals surface area contributed by atoms with Gasteiger partial charge in [-0.25, -0.2) is 0 Å². The summed E-state index contributed by atoms with van der Waals surface area (Å²) in [5.41, 5.74) is 1.21. The van der Waals surface area contributed by atoms with Crippen molar-refractivity contribution in [2.75, 3.05) is 6.61 Å². The molecule has 88 valence electrons. The van der Waals surface area contributed by atoms with Gasteiger partial charge < -0.3 is 4.74 Å². The van der Waals surface area contributed by atoms with Crippen LogP contribution in [0.4, 0.5) is 0 Å². The van der Waals surface area contributed by atoms with Crippen LogP contribution in [0, 0.1) is 0 Å². The first kappa shape index (κ1) is 13.7. The lowest BCUT2D eigenvalue weighted by atomic mass is 9.98. The molecule has 0 radical (unpaired) electrons. The first-order valence-electron chi connectivity index (χ1n) is 5.03. The van der Waals surface area contributed by atoms with Crippen molar-refractivity contribution >= 4 is 37.8 Å². The average molecular weight is 350 g/mol. The van der Waals surface area contributed by atoms with Crippen LogP contribution in [-0.2, 0) is 9.53 Å². The first-order chi connectivity index (χ1) is 7.50. The van der Waals surface area contributed by atoms with Crippen molar-refractivity contribution in [3.05, 3.63) is 34.3 Å². The molecule has 0 bridgehead atoms. The molecular weight excluding hydrogens is 336 g/mol. The highest BCUT2D eigenvalue weighted by atomic mass is 79.9. The van der Waals surface area contributed by atoms with Crippen molar-refractivity contribution < 1.29 is 9.53 Å². The summed E-state index contributed by atoms with van der Waals surface area (Å²) in [5, 5.41) is 0. The number of carbonyl (C=O) groups excluding carboxylic acids is 1. The Morgan fingerprint density at radius 2 is 2.19 bits per heavy atom. The summed E-state index contributed by atoms with van der Waals surface area (Å²) in [7, 11) is 0. The largest absolute Gasteiger partial charge is 0.465 e. The number of rotatable bonds is 4. The number of hydrogen-bond donors (Lipinski definition) is 0. The molecule has 0 aliphatic heterocycles. The highest BCUT2D eigenvalue weighted by Crippen LogP contribution is 2.26. The van der Waals surface area contributed by atoms with Crippen LogP contribution in [-0.4, -0.2) is 17.4 Å². The van der Waals surface area contributed by atoms with E-state index in [0.717, 1.165) is 4.47 Å². The van der Waals surface area contributed by atoms with Crippen LogP contribution in [0.3, 0.4) is 0 Å². The molecule has 0 heterocycles. The van der Waals surface area contributed by atoms with Gasteiger partial charge in [0.15, 0.2) is 0 Å². The summed E-state index contributed by atoms with van der Waals surface area (Å²) in [6, 6.07) is 8.14. The molecule has 0 spiro atoms. The fraction of sp³-hybridized carbons (Fsp3) is 0.417. The zero-order chi connectivity index (χ0) is 12.1. The maximum absolute atomic E-state index is 10.7. The minimum absolute atomic E-state index is 0.130. The van der Waals surface area contributed by atoms with Crippen molar-refractivity contribution in [3.8, 4) is 0 Å². The quantitative estimate of drug-likeness (QED) is 0.609. The van der Waals surface area contributed by atoms with Crippen LogP contribution < -0.4 is 0 Å². The molecule has 0 amide bonds. The molecule has 16 heavy (non-hydrogen) atoms. The average Bonchev–Trinajstić information content (AvgIpc) is 2.24. The molecular formula is C12H14Br2O2. The zero-order valence-corrected chi connectivity index (χ0v) is 12.4. The van der Waals surface area contributed by atoms with Crippen LogP contribution in [0.1, 0.15) is 25.3 Å². The molecule has 0 N–H and O–H groups in total. The Balaban J connectivity index is 2.62. The van der Waals surface area contributed by atoms with Gasteiger partial charge in [0.05, 0.1) is 4.83 Å². The Kier molecular flexibility index (Phi) is 5.49. The third-order valence-corrected chi connectivity index (χ3v) is 3.91. The lowest BCUT2D eigenvalue weighted by molar-refractivity contribution is -0.140. The molecule has 0 aliphatic rings. The second-order valence-corrected chi connectivity index (χ2v) is 5.75. The number of halogens is 2. The maximum atomic E-state index is 10.7. The number of benzene rings is 1. The third kappa shape index (κ3) is 4.26. The molecule has 0 aromatic heterocycles. The Morgan fingerprint density at radius 3 is 2.75 bits per heavy atom. The fourth-order valence-corrected chi connectivity index (χ4v) is 2.19. The summed E-state index contributed by atoms with van der Waals surface area (Å²) >= 11 is 6.98. The number of carbonyl (C=O) groups is 1. The minimum atomic E-state index is -0.245. The molecule has 0 aliphatic carbocycles. The van der Waals surface area contributed by atoms with E-state index < -0.39 is 0 Å². The van der Waals surface area contributed by atoms with E-state index in [9.17, 15) is 4.79 Å². The topological polar surface area (TPSA) is 26.3 Å². The maximum Gasteiger partial charge on any atom is 0.302 e. The summed E-state index contributed by atoms with van der Waals surface area (Å²) in [6.45, 7) is 3.91. The van der Waals surface area contributed by atoms with Gasteiger partial charge in [-0.1, -0.05) is 50.9 Å². The summed E-state index contributed by atoms with van der Waals surface area (Å²) < 4.78 is 6.04. The second kappa shape index (κ2) is 6.40. The fourth-order valence-electron chi connectivity index (χ4n) is 1.34. The Hall–Kier alpha value is -0.350.